The molecular formula is C43H48F3N9O5. The van der Waals surface area contributed by atoms with E-state index in [2.05, 4.69) is 43.1 Å². The van der Waals surface area contributed by atoms with Crippen molar-refractivity contribution in [1.29, 1.82) is 0 Å². The van der Waals surface area contributed by atoms with Crippen molar-refractivity contribution < 1.29 is 37.1 Å². The topological polar surface area (TPSA) is 151 Å². The predicted molar refractivity (Wildman–Crippen MR) is 220 cm³/mol. The van der Waals surface area contributed by atoms with Gasteiger partial charge in [-0.05, 0) is 81.6 Å². The molecule has 7 rings (SSSR count). The second kappa shape index (κ2) is 17.1. The maximum atomic E-state index is 14.2. The summed E-state index contributed by atoms with van der Waals surface area (Å²) in [4.78, 5) is 58.4. The van der Waals surface area contributed by atoms with E-state index < -0.39 is 23.7 Å². The van der Waals surface area contributed by atoms with E-state index in [0.717, 1.165) is 54.5 Å². The Balaban J connectivity index is 1.03. The second-order valence-electron chi connectivity index (χ2n) is 15.5. The number of benzene rings is 3. The summed E-state index contributed by atoms with van der Waals surface area (Å²) in [5, 5.41) is 13.5. The van der Waals surface area contributed by atoms with E-state index in [1.54, 1.807) is 12.1 Å². The van der Waals surface area contributed by atoms with Gasteiger partial charge in [-0.1, -0.05) is 24.3 Å². The maximum absolute atomic E-state index is 14.2. The number of anilines is 5. The number of halogens is 3. The van der Waals surface area contributed by atoms with Gasteiger partial charge in [-0.15, -0.1) is 0 Å². The predicted octanol–water partition coefficient (Wildman–Crippen LogP) is 6.96. The minimum atomic E-state index is -4.71. The van der Waals surface area contributed by atoms with Gasteiger partial charge in [0.15, 0.2) is 0 Å². The minimum absolute atomic E-state index is 0.138. The monoisotopic (exact) mass is 827 g/mol. The van der Waals surface area contributed by atoms with Crippen molar-refractivity contribution in [2.75, 3.05) is 49.3 Å². The number of alkyl halides is 3. The molecule has 17 heteroatoms. The Morgan fingerprint density at radius 2 is 1.72 bits per heavy atom. The van der Waals surface area contributed by atoms with Crippen LogP contribution in [0.15, 0.2) is 66.9 Å². The van der Waals surface area contributed by atoms with Crippen molar-refractivity contribution in [2.45, 2.75) is 71.4 Å². The van der Waals surface area contributed by atoms with Crippen LogP contribution in [0.2, 0.25) is 0 Å². The van der Waals surface area contributed by atoms with Crippen molar-refractivity contribution in [3.8, 4) is 5.75 Å². The van der Waals surface area contributed by atoms with Gasteiger partial charge < -0.3 is 25.6 Å². The molecule has 3 aliphatic rings. The first kappa shape index (κ1) is 41.8. The average molecular weight is 828 g/mol. The molecule has 3 aromatic carbocycles. The van der Waals surface area contributed by atoms with Crippen LogP contribution in [0.1, 0.15) is 76.1 Å². The van der Waals surface area contributed by atoms with Gasteiger partial charge >= 0.3 is 12.2 Å². The molecule has 2 fully saturated rings. The van der Waals surface area contributed by atoms with Crippen LogP contribution >= 0.6 is 0 Å². The number of hydrogen-bond acceptors (Lipinski definition) is 10. The molecule has 0 unspecified atom stereocenters. The Morgan fingerprint density at radius 1 is 0.967 bits per heavy atom. The molecule has 0 radical (unpaired) electrons. The summed E-state index contributed by atoms with van der Waals surface area (Å²) in [5.74, 6) is -0.394. The van der Waals surface area contributed by atoms with Crippen LogP contribution in [0.25, 0.3) is 0 Å². The van der Waals surface area contributed by atoms with Crippen LogP contribution in [0.4, 0.5) is 46.5 Å². The number of nitrogens with zero attached hydrogens (tertiary/aromatic N) is 5. The number of imide groups is 1. The molecule has 1 aromatic heterocycles. The summed E-state index contributed by atoms with van der Waals surface area (Å²) in [5.41, 5.74) is 4.06. The smallest absolute Gasteiger partial charge is 0.419 e. The zero-order valence-electron chi connectivity index (χ0n) is 34.1. The molecule has 3 aliphatic heterocycles. The van der Waals surface area contributed by atoms with Gasteiger partial charge in [0.05, 0.1) is 47.4 Å². The normalized spacial score (nSPS) is 16.0. The molecule has 5 amide bonds. The highest BCUT2D eigenvalue weighted by Gasteiger charge is 2.38. The van der Waals surface area contributed by atoms with Crippen molar-refractivity contribution in [1.82, 2.24) is 30.5 Å². The molecule has 0 atom stereocenters. The summed E-state index contributed by atoms with van der Waals surface area (Å²) in [6.45, 7) is 8.44. The quantitative estimate of drug-likeness (QED) is 0.118. The van der Waals surface area contributed by atoms with Crippen molar-refractivity contribution in [3.05, 3.63) is 100 Å². The Hall–Kier alpha value is -6.36. The SMILES string of the molecule is CNC(=O)c1ccccc1Nc1cc(Nc2cc(C)c(N3CCC(N(C)Cc4ccc5c(c4)CN(N4CCC(=O)NC4=O)C5=O)CC3)cc2OC(C)C)ncc1C(F)(F)F. The number of carbonyl (C=O) groups excluding carboxylic acids is 4. The number of fused-ring (bicyclic) bond motifs is 1. The highest BCUT2D eigenvalue weighted by molar-refractivity contribution is 6.02. The van der Waals surface area contributed by atoms with Crippen LogP contribution in [0.5, 0.6) is 5.75 Å². The number of ether oxygens (including phenoxy) is 1. The fourth-order valence-electron chi connectivity index (χ4n) is 7.93. The lowest BCUT2D eigenvalue weighted by Crippen LogP contribution is -2.56. The molecule has 316 valence electrons. The van der Waals surface area contributed by atoms with Gasteiger partial charge in [0, 0.05) is 68.7 Å². The highest BCUT2D eigenvalue weighted by atomic mass is 19.4. The molecule has 0 saturated carbocycles. The standard InChI is InChI=1S/C43H48F3N9O5/c1-25(2)60-37-21-36(26(3)18-35(37)50-38-20-34(32(22-48-38)43(44,45)46)49-33-9-7-6-8-31(33)40(57)47-4)53-15-12-29(13-16-53)52(5)23-27-10-11-30-28(19-27)24-55(41(30)58)54-17-14-39(56)51-42(54)59/h6-11,18-22,25,29H,12-17,23-24H2,1-5H3,(H,47,57)(H2,48,49,50)(H,51,56,59). The number of aromatic nitrogens is 1. The highest BCUT2D eigenvalue weighted by Crippen LogP contribution is 2.40. The number of aryl methyl sites for hydroxylation is 1. The lowest BCUT2D eigenvalue weighted by molar-refractivity contribution is -0.137. The Labute approximate surface area is 346 Å². The summed E-state index contributed by atoms with van der Waals surface area (Å²) < 4.78 is 48.8. The fourth-order valence-corrected chi connectivity index (χ4v) is 7.93. The summed E-state index contributed by atoms with van der Waals surface area (Å²) in [6, 6.07) is 17.0. The molecule has 60 heavy (non-hydrogen) atoms. The van der Waals surface area contributed by atoms with Gasteiger partial charge in [0.25, 0.3) is 11.8 Å². The third-order valence-corrected chi connectivity index (χ3v) is 10.9. The molecule has 14 nitrogen and oxygen atoms in total. The van der Waals surface area contributed by atoms with Crippen LogP contribution in [-0.2, 0) is 24.1 Å². The van der Waals surface area contributed by atoms with E-state index >= 15 is 0 Å². The Bertz CT molecular complexity index is 2310. The molecular weight excluding hydrogens is 780 g/mol. The van der Waals surface area contributed by atoms with Crippen molar-refractivity contribution >= 4 is 52.3 Å². The summed E-state index contributed by atoms with van der Waals surface area (Å²) in [7, 11) is 3.54. The number of hydrogen-bond donors (Lipinski definition) is 4. The summed E-state index contributed by atoms with van der Waals surface area (Å²) in [6.07, 6.45) is -2.23. The molecule has 0 spiro atoms. The van der Waals surface area contributed by atoms with E-state index in [9.17, 15) is 32.3 Å². The number of carbonyl (C=O) groups is 4. The first-order valence-electron chi connectivity index (χ1n) is 19.8. The largest absolute Gasteiger partial charge is 0.489 e. The number of hydrazine groups is 1. The molecule has 2 saturated heterocycles. The minimum Gasteiger partial charge on any atom is -0.489 e. The maximum Gasteiger partial charge on any atom is 0.419 e. The Kier molecular flexibility index (Phi) is 11.9. The van der Waals surface area contributed by atoms with Gasteiger partial charge in [-0.3, -0.25) is 24.6 Å². The lowest BCUT2D eigenvalue weighted by Gasteiger charge is -2.38. The molecule has 0 aliphatic carbocycles. The second-order valence-corrected chi connectivity index (χ2v) is 15.5. The van der Waals surface area contributed by atoms with E-state index in [1.807, 2.05) is 51.1 Å². The molecule has 4 N–H and O–H groups in total. The van der Waals surface area contributed by atoms with Crippen LogP contribution in [0, 0.1) is 6.92 Å². The number of piperidine rings is 1. The number of amides is 5. The number of pyridine rings is 1. The third kappa shape index (κ3) is 8.95. The van der Waals surface area contributed by atoms with Crippen molar-refractivity contribution in [2.24, 2.45) is 0 Å². The van der Waals surface area contributed by atoms with Gasteiger partial charge in [-0.25, -0.2) is 19.8 Å². The fraction of sp³-hybridized carbons (Fsp3) is 0.372. The van der Waals surface area contributed by atoms with E-state index in [-0.39, 0.29) is 60.2 Å². The van der Waals surface area contributed by atoms with E-state index in [1.165, 1.54) is 35.3 Å². The Morgan fingerprint density at radius 3 is 2.42 bits per heavy atom. The number of para-hydroxylation sites is 1. The molecule has 4 aromatic rings. The van der Waals surface area contributed by atoms with Crippen LogP contribution in [-0.4, -0.2) is 89.5 Å². The number of rotatable bonds is 12. The van der Waals surface area contributed by atoms with Gasteiger partial charge in [-0.2, -0.15) is 13.2 Å². The zero-order valence-corrected chi connectivity index (χ0v) is 34.1. The average Bonchev–Trinajstić information content (AvgIpc) is 3.52. The number of urea groups is 1. The summed E-state index contributed by atoms with van der Waals surface area (Å²) >= 11 is 0. The third-order valence-electron chi connectivity index (χ3n) is 10.9. The van der Waals surface area contributed by atoms with E-state index in [4.69, 9.17) is 4.74 Å². The lowest BCUT2D eigenvalue weighted by atomic mass is 10.00. The first-order valence-corrected chi connectivity index (χ1v) is 19.8. The zero-order chi connectivity index (χ0) is 42.9. The van der Waals surface area contributed by atoms with E-state index in [0.29, 0.717) is 29.6 Å². The van der Waals surface area contributed by atoms with Crippen LogP contribution < -0.4 is 30.9 Å². The van der Waals surface area contributed by atoms with Crippen LogP contribution in [0.3, 0.4) is 0 Å². The molecule has 4 heterocycles. The van der Waals surface area contributed by atoms with Gasteiger partial charge in [0.2, 0.25) is 5.91 Å². The first-order chi connectivity index (χ1) is 28.6. The van der Waals surface area contributed by atoms with Gasteiger partial charge in [0.1, 0.15) is 11.6 Å². The number of nitrogens with one attached hydrogen (secondary N) is 4. The van der Waals surface area contributed by atoms with Crippen molar-refractivity contribution in [3.63, 3.8) is 0 Å². The molecule has 0 bridgehead atoms.